The molecule has 1 heterocycles. The van der Waals surface area contributed by atoms with E-state index in [0.29, 0.717) is 11.5 Å². The Bertz CT molecular complexity index is 503. The van der Waals surface area contributed by atoms with Crippen LogP contribution in [-0.2, 0) is 4.79 Å². The lowest BCUT2D eigenvalue weighted by Crippen LogP contribution is -2.46. The van der Waals surface area contributed by atoms with Crippen molar-refractivity contribution in [1.29, 1.82) is 5.26 Å². The third kappa shape index (κ3) is 3.58. The molecular weight excluding hydrogens is 250 g/mol. The lowest BCUT2D eigenvalue weighted by Gasteiger charge is -2.34. The Morgan fingerprint density at radius 3 is 2.75 bits per heavy atom. The van der Waals surface area contributed by atoms with Crippen LogP contribution in [0.25, 0.3) is 0 Å². The molecule has 0 aromatic heterocycles. The summed E-state index contributed by atoms with van der Waals surface area (Å²) in [6.07, 6.45) is 2.41. The second kappa shape index (κ2) is 6.53. The molecular formula is C16H21N3O. The maximum Gasteiger partial charge on any atom is 0.241 e. The van der Waals surface area contributed by atoms with E-state index in [2.05, 4.69) is 23.2 Å². The molecule has 0 aliphatic carbocycles. The van der Waals surface area contributed by atoms with Crippen molar-refractivity contribution in [2.45, 2.75) is 32.7 Å². The van der Waals surface area contributed by atoms with Crippen LogP contribution >= 0.6 is 0 Å². The van der Waals surface area contributed by atoms with E-state index in [9.17, 15) is 4.79 Å². The van der Waals surface area contributed by atoms with Crippen LogP contribution in [-0.4, -0.2) is 29.9 Å². The largest absolute Gasteiger partial charge is 0.325 e. The number of anilines is 1. The average molecular weight is 271 g/mol. The van der Waals surface area contributed by atoms with E-state index < -0.39 is 0 Å². The van der Waals surface area contributed by atoms with E-state index in [0.717, 1.165) is 25.2 Å². The Balaban J connectivity index is 1.94. The quantitative estimate of drug-likeness (QED) is 0.919. The van der Waals surface area contributed by atoms with Gasteiger partial charge in [0.25, 0.3) is 0 Å². The van der Waals surface area contributed by atoms with Crippen molar-refractivity contribution in [2.75, 3.05) is 18.4 Å². The standard InChI is InChI=1S/C16H21N3O/c1-12-4-3-9-19(11-12)13(2)16(20)18-15-7-5-14(10-17)6-8-15/h5-8,12-13H,3-4,9,11H2,1-2H3,(H,18,20)/t12-,13-/m1/s1. The number of hydrogen-bond donors (Lipinski definition) is 1. The smallest absolute Gasteiger partial charge is 0.241 e. The van der Waals surface area contributed by atoms with Crippen LogP contribution in [0.4, 0.5) is 5.69 Å². The summed E-state index contributed by atoms with van der Waals surface area (Å²) in [4.78, 5) is 14.5. The highest BCUT2D eigenvalue weighted by Gasteiger charge is 2.25. The molecule has 106 valence electrons. The van der Waals surface area contributed by atoms with Crippen LogP contribution in [0.15, 0.2) is 24.3 Å². The van der Waals surface area contributed by atoms with E-state index in [1.807, 2.05) is 6.92 Å². The minimum absolute atomic E-state index is 0.0174. The van der Waals surface area contributed by atoms with E-state index in [1.54, 1.807) is 24.3 Å². The second-order valence-corrected chi connectivity index (χ2v) is 5.60. The molecule has 1 amide bonds. The maximum atomic E-state index is 12.3. The molecule has 1 aromatic carbocycles. The Kier molecular flexibility index (Phi) is 4.75. The molecule has 4 heteroatoms. The number of hydrogen-bond acceptors (Lipinski definition) is 3. The molecule has 2 atom stereocenters. The molecule has 0 radical (unpaired) electrons. The number of nitrogens with zero attached hydrogens (tertiary/aromatic N) is 2. The van der Waals surface area contributed by atoms with Crippen LogP contribution in [0.2, 0.25) is 0 Å². The third-order valence-corrected chi connectivity index (χ3v) is 3.90. The van der Waals surface area contributed by atoms with Gasteiger partial charge in [0.05, 0.1) is 17.7 Å². The first kappa shape index (κ1) is 14.5. The van der Waals surface area contributed by atoms with E-state index >= 15 is 0 Å². The summed E-state index contributed by atoms with van der Waals surface area (Å²) in [7, 11) is 0. The summed E-state index contributed by atoms with van der Waals surface area (Å²) < 4.78 is 0. The minimum atomic E-state index is -0.117. The highest BCUT2D eigenvalue weighted by atomic mass is 16.2. The predicted molar refractivity (Wildman–Crippen MR) is 79.2 cm³/mol. The zero-order valence-electron chi connectivity index (χ0n) is 12.1. The molecule has 0 spiro atoms. The van der Waals surface area contributed by atoms with Gasteiger partial charge in [-0.25, -0.2) is 0 Å². The number of carbonyl (C=O) groups is 1. The van der Waals surface area contributed by atoms with Gasteiger partial charge in [-0.2, -0.15) is 5.26 Å². The first-order valence-electron chi connectivity index (χ1n) is 7.15. The highest BCUT2D eigenvalue weighted by molar-refractivity contribution is 5.94. The van der Waals surface area contributed by atoms with Crippen LogP contribution in [0.5, 0.6) is 0 Å². The number of likely N-dealkylation sites (tertiary alicyclic amines) is 1. The summed E-state index contributed by atoms with van der Waals surface area (Å²) in [5.74, 6) is 0.678. The molecule has 0 saturated carbocycles. The second-order valence-electron chi connectivity index (χ2n) is 5.60. The Morgan fingerprint density at radius 2 is 2.15 bits per heavy atom. The van der Waals surface area contributed by atoms with Gasteiger partial charge in [0.1, 0.15) is 0 Å². The molecule has 20 heavy (non-hydrogen) atoms. The van der Waals surface area contributed by atoms with Gasteiger partial charge >= 0.3 is 0 Å². The van der Waals surface area contributed by atoms with Crippen molar-refractivity contribution in [2.24, 2.45) is 5.92 Å². The summed E-state index contributed by atoms with van der Waals surface area (Å²) in [6.45, 7) is 6.17. The van der Waals surface area contributed by atoms with Crippen molar-refractivity contribution in [1.82, 2.24) is 4.90 Å². The van der Waals surface area contributed by atoms with Crippen LogP contribution in [0.3, 0.4) is 0 Å². The SMILES string of the molecule is C[C@@H]1CCCN([C@H](C)C(=O)Nc2ccc(C#N)cc2)C1. The lowest BCUT2D eigenvalue weighted by atomic mass is 9.99. The van der Waals surface area contributed by atoms with Gasteiger partial charge in [0, 0.05) is 12.2 Å². The fourth-order valence-corrected chi connectivity index (χ4v) is 2.62. The Morgan fingerprint density at radius 1 is 1.45 bits per heavy atom. The summed E-state index contributed by atoms with van der Waals surface area (Å²) >= 11 is 0. The molecule has 1 N–H and O–H groups in total. The topological polar surface area (TPSA) is 56.1 Å². The normalized spacial score (nSPS) is 20.9. The van der Waals surface area contributed by atoms with Crippen molar-refractivity contribution < 1.29 is 4.79 Å². The monoisotopic (exact) mass is 271 g/mol. The molecule has 1 aliphatic rings. The third-order valence-electron chi connectivity index (χ3n) is 3.90. The fourth-order valence-electron chi connectivity index (χ4n) is 2.62. The zero-order valence-corrected chi connectivity index (χ0v) is 12.1. The molecule has 0 bridgehead atoms. The van der Waals surface area contributed by atoms with Crippen LogP contribution in [0.1, 0.15) is 32.3 Å². The molecule has 2 rings (SSSR count). The molecule has 1 saturated heterocycles. The van der Waals surface area contributed by atoms with Gasteiger partial charge in [-0.1, -0.05) is 6.92 Å². The van der Waals surface area contributed by atoms with Gasteiger partial charge in [-0.15, -0.1) is 0 Å². The van der Waals surface area contributed by atoms with Crippen molar-refractivity contribution in [3.05, 3.63) is 29.8 Å². The number of benzene rings is 1. The summed E-state index contributed by atoms with van der Waals surface area (Å²) in [6, 6.07) is 8.90. The van der Waals surface area contributed by atoms with Crippen molar-refractivity contribution in [3.8, 4) is 6.07 Å². The van der Waals surface area contributed by atoms with Crippen LogP contribution < -0.4 is 5.32 Å². The van der Waals surface area contributed by atoms with Crippen molar-refractivity contribution in [3.63, 3.8) is 0 Å². The summed E-state index contributed by atoms with van der Waals surface area (Å²) in [5, 5.41) is 11.7. The average Bonchev–Trinajstić information content (AvgIpc) is 2.47. The predicted octanol–water partition coefficient (Wildman–Crippen LogP) is 2.62. The van der Waals surface area contributed by atoms with Gasteiger partial charge < -0.3 is 5.32 Å². The Hall–Kier alpha value is -1.86. The number of rotatable bonds is 3. The van der Waals surface area contributed by atoms with Gasteiger partial charge in [0.15, 0.2) is 0 Å². The molecule has 1 fully saturated rings. The highest BCUT2D eigenvalue weighted by Crippen LogP contribution is 2.18. The molecule has 0 unspecified atom stereocenters. The van der Waals surface area contributed by atoms with Gasteiger partial charge in [-0.3, -0.25) is 9.69 Å². The molecule has 1 aliphatic heterocycles. The summed E-state index contributed by atoms with van der Waals surface area (Å²) in [5.41, 5.74) is 1.34. The lowest BCUT2D eigenvalue weighted by molar-refractivity contribution is -0.121. The molecule has 4 nitrogen and oxygen atoms in total. The minimum Gasteiger partial charge on any atom is -0.325 e. The number of carbonyl (C=O) groups excluding carboxylic acids is 1. The van der Waals surface area contributed by atoms with Crippen molar-refractivity contribution >= 4 is 11.6 Å². The zero-order chi connectivity index (χ0) is 14.5. The van der Waals surface area contributed by atoms with Gasteiger partial charge in [-0.05, 0) is 56.5 Å². The van der Waals surface area contributed by atoms with E-state index in [1.165, 1.54) is 6.42 Å². The first-order chi connectivity index (χ1) is 9.60. The molecule has 1 aromatic rings. The number of nitrogens with one attached hydrogen (secondary N) is 1. The van der Waals surface area contributed by atoms with Crippen LogP contribution in [0, 0.1) is 17.2 Å². The first-order valence-corrected chi connectivity index (χ1v) is 7.15. The maximum absolute atomic E-state index is 12.3. The number of nitriles is 1. The van der Waals surface area contributed by atoms with E-state index in [4.69, 9.17) is 5.26 Å². The number of piperidine rings is 1. The Labute approximate surface area is 120 Å². The fraction of sp³-hybridized carbons (Fsp3) is 0.500. The van der Waals surface area contributed by atoms with Gasteiger partial charge in [0.2, 0.25) is 5.91 Å². The number of amides is 1. The van der Waals surface area contributed by atoms with E-state index in [-0.39, 0.29) is 11.9 Å².